The molecule has 214 valence electrons. The van der Waals surface area contributed by atoms with E-state index in [1.165, 1.54) is 0 Å². The van der Waals surface area contributed by atoms with Crippen LogP contribution >= 0.6 is 0 Å². The van der Waals surface area contributed by atoms with Gasteiger partial charge in [-0.25, -0.2) is 0 Å². The van der Waals surface area contributed by atoms with E-state index in [0.29, 0.717) is 31.4 Å². The Morgan fingerprint density at radius 2 is 1.90 bits per heavy atom. The average Bonchev–Trinajstić information content (AvgIpc) is 3.62. The highest BCUT2D eigenvalue weighted by atomic mass is 16.2. The maximum absolute atomic E-state index is 13.9. The van der Waals surface area contributed by atoms with E-state index in [1.54, 1.807) is 23.0 Å². The van der Waals surface area contributed by atoms with Crippen LogP contribution in [0.1, 0.15) is 48.6 Å². The van der Waals surface area contributed by atoms with Gasteiger partial charge in [0.1, 0.15) is 17.8 Å². The first-order valence-corrected chi connectivity index (χ1v) is 14.0. The van der Waals surface area contributed by atoms with E-state index in [9.17, 15) is 19.2 Å². The van der Waals surface area contributed by atoms with Crippen molar-refractivity contribution in [2.24, 2.45) is 0 Å². The van der Waals surface area contributed by atoms with Gasteiger partial charge in [-0.1, -0.05) is 60.7 Å². The topological polar surface area (TPSA) is 140 Å². The number of para-hydroxylation sites is 1. The second-order valence-corrected chi connectivity index (χ2v) is 10.6. The van der Waals surface area contributed by atoms with Crippen LogP contribution in [-0.2, 0) is 45.0 Å². The number of rotatable bonds is 10. The van der Waals surface area contributed by atoms with Crippen LogP contribution in [-0.4, -0.2) is 69.1 Å². The zero-order chi connectivity index (χ0) is 28.9. The van der Waals surface area contributed by atoms with Crippen LogP contribution in [0.4, 0.5) is 5.69 Å². The van der Waals surface area contributed by atoms with E-state index in [4.69, 9.17) is 0 Å². The van der Waals surface area contributed by atoms with Crippen molar-refractivity contribution in [3.8, 4) is 0 Å². The maximum atomic E-state index is 13.9. The van der Waals surface area contributed by atoms with E-state index < -0.39 is 12.1 Å². The van der Waals surface area contributed by atoms with Crippen LogP contribution in [0.25, 0.3) is 0 Å². The Labute approximate surface area is 238 Å². The molecule has 11 heteroatoms. The van der Waals surface area contributed by atoms with Crippen molar-refractivity contribution < 1.29 is 19.2 Å². The number of H-pyrrole nitrogens is 1. The van der Waals surface area contributed by atoms with E-state index in [-0.39, 0.29) is 49.1 Å². The van der Waals surface area contributed by atoms with Crippen molar-refractivity contribution >= 4 is 29.3 Å². The average molecular weight is 558 g/mol. The Morgan fingerprint density at radius 3 is 2.63 bits per heavy atom. The van der Waals surface area contributed by atoms with Gasteiger partial charge in [0, 0.05) is 32.1 Å². The molecule has 3 atom stereocenters. The minimum absolute atomic E-state index is 0.0686. The van der Waals surface area contributed by atoms with Crippen LogP contribution in [0.2, 0.25) is 0 Å². The number of hydrogen-bond donors (Lipinski definition) is 3. The van der Waals surface area contributed by atoms with Crippen molar-refractivity contribution in [3.05, 3.63) is 77.1 Å². The molecule has 0 fully saturated rings. The summed E-state index contributed by atoms with van der Waals surface area (Å²) in [5.41, 5.74) is 4.19. The first-order valence-electron chi connectivity index (χ1n) is 14.0. The SMILES string of the molecule is CC[C@@H](CC(=O)N[C@H]1CCc2cccc3c2N(C1=O)[C@H](C(=O)NCc1c[nH]nn1)C3)N(C)C(=O)Cc1ccccc1. The van der Waals surface area contributed by atoms with Gasteiger partial charge in [-0.05, 0) is 36.0 Å². The summed E-state index contributed by atoms with van der Waals surface area (Å²) in [6, 6.07) is 13.5. The zero-order valence-electron chi connectivity index (χ0n) is 23.3. The summed E-state index contributed by atoms with van der Waals surface area (Å²) >= 11 is 0. The Balaban J connectivity index is 1.26. The number of anilines is 1. The van der Waals surface area contributed by atoms with E-state index >= 15 is 0 Å². The fourth-order valence-electron chi connectivity index (χ4n) is 5.70. The van der Waals surface area contributed by atoms with Crippen LogP contribution in [0.5, 0.6) is 0 Å². The molecular weight excluding hydrogens is 522 g/mol. The Hall–Kier alpha value is -4.54. The summed E-state index contributed by atoms with van der Waals surface area (Å²) in [5.74, 6) is -0.960. The number of aryl methyl sites for hydroxylation is 1. The molecule has 2 aromatic carbocycles. The molecule has 5 rings (SSSR count). The monoisotopic (exact) mass is 557 g/mol. The van der Waals surface area contributed by atoms with Gasteiger partial charge < -0.3 is 15.5 Å². The van der Waals surface area contributed by atoms with Gasteiger partial charge in [0.25, 0.3) is 0 Å². The number of carbonyl (C=O) groups is 4. The third-order valence-electron chi connectivity index (χ3n) is 7.99. The molecule has 41 heavy (non-hydrogen) atoms. The van der Waals surface area contributed by atoms with Crippen LogP contribution in [0, 0.1) is 0 Å². The second-order valence-electron chi connectivity index (χ2n) is 10.6. The summed E-state index contributed by atoms with van der Waals surface area (Å²) in [4.78, 5) is 56.5. The van der Waals surface area contributed by atoms with Gasteiger partial charge >= 0.3 is 0 Å². The summed E-state index contributed by atoms with van der Waals surface area (Å²) in [6.07, 6.45) is 3.94. The van der Waals surface area contributed by atoms with Crippen LogP contribution in [0.15, 0.2) is 54.7 Å². The molecule has 0 bridgehead atoms. The number of hydrogen-bond acceptors (Lipinski definition) is 6. The number of benzene rings is 2. The van der Waals surface area contributed by atoms with Crippen molar-refractivity contribution in [2.75, 3.05) is 11.9 Å². The molecule has 2 aliphatic heterocycles. The van der Waals surface area contributed by atoms with Crippen molar-refractivity contribution in [3.63, 3.8) is 0 Å². The lowest BCUT2D eigenvalue weighted by Gasteiger charge is -2.29. The van der Waals surface area contributed by atoms with Gasteiger partial charge in [-0.15, -0.1) is 5.10 Å². The number of aromatic nitrogens is 3. The Kier molecular flexibility index (Phi) is 8.42. The third-order valence-corrected chi connectivity index (χ3v) is 7.99. The second kappa shape index (κ2) is 12.3. The summed E-state index contributed by atoms with van der Waals surface area (Å²) < 4.78 is 0. The number of carbonyl (C=O) groups excluding carboxylic acids is 4. The first-order chi connectivity index (χ1) is 19.9. The normalized spacial score (nSPS) is 18.3. The van der Waals surface area contributed by atoms with Gasteiger partial charge in [-0.2, -0.15) is 0 Å². The third kappa shape index (κ3) is 6.13. The number of aromatic amines is 1. The molecule has 2 aliphatic rings. The molecule has 3 aromatic rings. The summed E-state index contributed by atoms with van der Waals surface area (Å²) in [7, 11) is 1.72. The maximum Gasteiger partial charge on any atom is 0.250 e. The predicted molar refractivity (Wildman–Crippen MR) is 152 cm³/mol. The first kappa shape index (κ1) is 28.0. The van der Waals surface area contributed by atoms with Crippen molar-refractivity contribution in [1.82, 2.24) is 30.9 Å². The highest BCUT2D eigenvalue weighted by Gasteiger charge is 2.44. The molecule has 3 N–H and O–H groups in total. The quantitative estimate of drug-likeness (QED) is 0.347. The minimum Gasteiger partial charge on any atom is -0.348 e. The molecule has 0 aliphatic carbocycles. The number of likely N-dealkylation sites (N-methyl/N-ethyl adjacent to an activating group) is 1. The lowest BCUT2D eigenvalue weighted by atomic mass is 10.0. The molecule has 4 amide bonds. The van der Waals surface area contributed by atoms with E-state index in [1.807, 2.05) is 55.5 Å². The van der Waals surface area contributed by atoms with Crippen molar-refractivity contribution in [1.29, 1.82) is 0 Å². The van der Waals surface area contributed by atoms with E-state index in [2.05, 4.69) is 26.0 Å². The molecule has 0 saturated heterocycles. The zero-order valence-corrected chi connectivity index (χ0v) is 23.3. The fraction of sp³-hybridized carbons (Fsp3) is 0.400. The lowest BCUT2D eigenvalue weighted by molar-refractivity contribution is -0.133. The number of nitrogens with one attached hydrogen (secondary N) is 3. The van der Waals surface area contributed by atoms with Gasteiger partial charge in [0.05, 0.1) is 18.7 Å². The predicted octanol–water partition coefficient (Wildman–Crippen LogP) is 1.68. The molecule has 0 saturated carbocycles. The summed E-state index contributed by atoms with van der Waals surface area (Å²) in [5, 5.41) is 16.0. The molecule has 11 nitrogen and oxygen atoms in total. The van der Waals surface area contributed by atoms with E-state index in [0.717, 1.165) is 22.4 Å². The highest BCUT2D eigenvalue weighted by molar-refractivity contribution is 6.07. The van der Waals surface area contributed by atoms with Crippen LogP contribution in [0.3, 0.4) is 0 Å². The molecule has 3 heterocycles. The minimum atomic E-state index is -0.783. The molecule has 1 aromatic heterocycles. The number of amides is 4. The highest BCUT2D eigenvalue weighted by Crippen LogP contribution is 2.39. The lowest BCUT2D eigenvalue weighted by Crippen LogP contribution is -2.54. The van der Waals surface area contributed by atoms with Crippen molar-refractivity contribution in [2.45, 2.75) is 70.1 Å². The molecular formula is C30H35N7O4. The Bertz CT molecular complexity index is 1410. The van der Waals surface area contributed by atoms with Gasteiger partial charge in [0.2, 0.25) is 23.6 Å². The molecule has 0 unspecified atom stereocenters. The number of nitrogens with zero attached hydrogens (tertiary/aromatic N) is 4. The largest absolute Gasteiger partial charge is 0.348 e. The van der Waals surface area contributed by atoms with Crippen LogP contribution < -0.4 is 15.5 Å². The van der Waals surface area contributed by atoms with Gasteiger partial charge in [0.15, 0.2) is 0 Å². The Morgan fingerprint density at radius 1 is 1.12 bits per heavy atom. The van der Waals surface area contributed by atoms with Gasteiger partial charge in [-0.3, -0.25) is 29.2 Å². The molecule has 0 radical (unpaired) electrons. The fourth-order valence-corrected chi connectivity index (χ4v) is 5.70. The smallest absolute Gasteiger partial charge is 0.250 e. The standard InChI is InChI=1S/C30H35N7O4/c1-3-23(36(2)27(39)14-19-8-5-4-6-9-19)16-26(38)33-24-13-12-20-10-7-11-21-15-25(37(28(20)21)30(24)41)29(40)31-17-22-18-32-35-34-22/h4-11,18,23-25H,3,12-17H2,1-2H3,(H,31,40)(H,33,38)(H,32,34,35)/t23-,24-,25-/m0/s1. The molecule has 0 spiro atoms. The summed E-state index contributed by atoms with van der Waals surface area (Å²) in [6.45, 7) is 2.12.